The number of hydrogen-bond acceptors (Lipinski definition) is 15. The minimum Gasteiger partial charge on any atom is -0.748 e. The minimum absolute atomic E-state index is 0. The zero-order chi connectivity index (χ0) is 52.1. The number of esters is 2. The number of ether oxygens (including phenoxy) is 6. The molecule has 2 fully saturated rings. The molecule has 74 heavy (non-hydrogen) atoms. The number of alkyl halides is 1. The average molecular weight is 1190 g/mol. The van der Waals surface area contributed by atoms with Gasteiger partial charge in [-0.25, -0.2) is 28.0 Å². The van der Waals surface area contributed by atoms with Crippen molar-refractivity contribution in [3.05, 3.63) is 140 Å². The van der Waals surface area contributed by atoms with Crippen LogP contribution < -0.4 is 15.6 Å². The number of rotatable bonds is 19. The number of quaternary nitrogens is 1. The summed E-state index contributed by atoms with van der Waals surface area (Å²) in [5.41, 5.74) is 4.57. The van der Waals surface area contributed by atoms with Crippen LogP contribution >= 0.6 is 45.8 Å². The topological polar surface area (TPSA) is 250 Å². The summed E-state index contributed by atoms with van der Waals surface area (Å²) < 4.78 is 67.7. The van der Waals surface area contributed by atoms with Crippen LogP contribution in [0.5, 0.6) is 11.5 Å². The molecule has 4 N–H and O–H groups in total. The second-order valence-electron chi connectivity index (χ2n) is 17.6. The SMILES string of the molecule is CC1=C(C(=O)OCc2ccccc2OCCI)[C@H](c2ccc(Cl)nc2)CC(=O)N1C[C@H]1CCCO1.CC1=C(C(=O)OCc2ccccc2OCCS(=O)(=O)[O-])[C@H](c2ccc(Cl)nc2)CC(=O)N1C[C@H]1CCCO1.[NH4+]. The Morgan fingerprint density at radius 3 is 1.51 bits per heavy atom. The molecule has 6 heterocycles. The highest BCUT2D eigenvalue weighted by molar-refractivity contribution is 14.1. The fourth-order valence-corrected chi connectivity index (χ4v) is 9.84. The van der Waals surface area contributed by atoms with Crippen molar-refractivity contribution in [3.63, 3.8) is 0 Å². The van der Waals surface area contributed by atoms with Crippen molar-refractivity contribution in [2.45, 2.75) is 89.6 Å². The van der Waals surface area contributed by atoms with Crippen molar-refractivity contribution < 1.29 is 60.6 Å². The molecule has 22 heteroatoms. The van der Waals surface area contributed by atoms with E-state index in [4.69, 9.17) is 51.6 Å². The Morgan fingerprint density at radius 2 is 1.14 bits per heavy atom. The second-order valence-corrected chi connectivity index (χ2v) is 21.0. The lowest BCUT2D eigenvalue weighted by atomic mass is 9.84. The number of amides is 2. The molecule has 2 saturated heterocycles. The summed E-state index contributed by atoms with van der Waals surface area (Å²) in [7, 11) is -4.43. The van der Waals surface area contributed by atoms with Gasteiger partial charge in [-0.15, -0.1) is 0 Å². The smallest absolute Gasteiger partial charge is 0.336 e. The van der Waals surface area contributed by atoms with Gasteiger partial charge in [-0.2, -0.15) is 0 Å². The minimum atomic E-state index is -4.43. The van der Waals surface area contributed by atoms with E-state index in [1.807, 2.05) is 24.3 Å². The van der Waals surface area contributed by atoms with Crippen LogP contribution in [-0.2, 0) is 61.5 Å². The van der Waals surface area contributed by atoms with Gasteiger partial charge in [0.05, 0.1) is 58.9 Å². The van der Waals surface area contributed by atoms with Gasteiger partial charge in [0.2, 0.25) is 11.8 Å². The van der Waals surface area contributed by atoms with E-state index in [0.29, 0.717) is 88.4 Å². The summed E-state index contributed by atoms with van der Waals surface area (Å²) in [5.74, 6) is -1.97. The Kier molecular flexibility index (Phi) is 21.6. The van der Waals surface area contributed by atoms with Crippen LogP contribution in [0.1, 0.15) is 86.5 Å². The number of carbonyl (C=O) groups excluding carboxylic acids is 4. The molecule has 18 nitrogen and oxygen atoms in total. The van der Waals surface area contributed by atoms with Gasteiger partial charge in [0.25, 0.3) is 0 Å². The maximum atomic E-state index is 13.5. The van der Waals surface area contributed by atoms with Crippen molar-refractivity contribution in [1.82, 2.24) is 25.9 Å². The van der Waals surface area contributed by atoms with Gasteiger partial charge in [-0.3, -0.25) is 9.59 Å². The Balaban J connectivity index is 0.000000238. The molecule has 8 rings (SSSR count). The summed E-state index contributed by atoms with van der Waals surface area (Å²) in [6, 6.07) is 21.0. The molecule has 0 aliphatic carbocycles. The number of pyridine rings is 2. The Labute approximate surface area is 454 Å². The van der Waals surface area contributed by atoms with Gasteiger partial charge in [-0.05, 0) is 74.9 Å². The molecule has 0 spiro atoms. The molecule has 0 bridgehead atoms. The fraction of sp³-hybridized carbons (Fsp3) is 0.423. The summed E-state index contributed by atoms with van der Waals surface area (Å²) in [6.45, 7) is 5.80. The van der Waals surface area contributed by atoms with Gasteiger partial charge in [0.15, 0.2) is 0 Å². The Hall–Kier alpha value is -5.20. The van der Waals surface area contributed by atoms with Crippen molar-refractivity contribution in [2.24, 2.45) is 0 Å². The summed E-state index contributed by atoms with van der Waals surface area (Å²) in [6.07, 6.45) is 6.88. The van der Waals surface area contributed by atoms with Crippen molar-refractivity contribution in [2.75, 3.05) is 49.7 Å². The summed E-state index contributed by atoms with van der Waals surface area (Å²) in [4.78, 5) is 64.9. The largest absolute Gasteiger partial charge is 0.748 e. The number of carbonyl (C=O) groups is 4. The van der Waals surface area contributed by atoms with Crippen LogP contribution in [0.2, 0.25) is 10.3 Å². The van der Waals surface area contributed by atoms with E-state index >= 15 is 0 Å². The molecule has 0 saturated carbocycles. The molecule has 4 aliphatic rings. The van der Waals surface area contributed by atoms with Crippen molar-refractivity contribution >= 4 is 79.7 Å². The highest BCUT2D eigenvalue weighted by Gasteiger charge is 2.40. The fourth-order valence-electron chi connectivity index (χ4n) is 9.11. The molecule has 2 aromatic carbocycles. The molecule has 4 aromatic rings. The van der Waals surface area contributed by atoms with Gasteiger partial charge in [0.1, 0.15) is 41.6 Å². The van der Waals surface area contributed by atoms with E-state index in [-0.39, 0.29) is 62.8 Å². The lowest BCUT2D eigenvalue weighted by Gasteiger charge is -2.35. The van der Waals surface area contributed by atoms with E-state index in [1.165, 1.54) is 0 Å². The molecular formula is C52H60Cl2IN5O13S. The van der Waals surface area contributed by atoms with Crippen molar-refractivity contribution in [1.29, 1.82) is 0 Å². The third kappa shape index (κ3) is 15.7. The first kappa shape index (κ1) is 58.1. The quantitative estimate of drug-likeness (QED) is 0.0303. The van der Waals surface area contributed by atoms with Crippen LogP contribution in [0.25, 0.3) is 0 Å². The summed E-state index contributed by atoms with van der Waals surface area (Å²) in [5, 5.41) is 0.644. The van der Waals surface area contributed by atoms with Crippen LogP contribution in [0.4, 0.5) is 0 Å². The highest BCUT2D eigenvalue weighted by atomic mass is 127. The number of para-hydroxylation sites is 2. The van der Waals surface area contributed by atoms with E-state index in [1.54, 1.807) is 84.6 Å². The first-order valence-corrected chi connectivity index (χ1v) is 27.7. The maximum absolute atomic E-state index is 13.5. The standard InChI is InChI=1S/C26H28ClIN2O5.C26H29ClN2O8S.H3N/c1-17-25(26(32)35-16-19-5-2-3-7-22(19)34-12-10-28)21(18-8-9-23(27)29-14-18)13-24(31)30(17)15-20-6-4-11-33-20;1-17-25(26(31)37-16-19-5-2-3-7-22(19)36-11-12-38(32,33)34)21(18-8-9-23(27)28-14-18)13-24(30)29(17)15-20-6-4-10-35-20;/h2-3,5,7-9,14,20-21H,4,6,10-13,15-16H2,1H3;2-3,5,7-9,14,20-21H,4,6,10-13,15-16H2,1H3,(H,32,33,34);1H3/t2*20-,21+;/m11./s1. The van der Waals surface area contributed by atoms with Gasteiger partial charge in [-0.1, -0.05) is 94.3 Å². The number of hydrogen-bond donors (Lipinski definition) is 1. The molecular weight excluding hydrogens is 1130 g/mol. The summed E-state index contributed by atoms with van der Waals surface area (Å²) >= 11 is 14.2. The van der Waals surface area contributed by atoms with E-state index in [0.717, 1.165) is 41.2 Å². The lowest BCUT2D eigenvalue weighted by Crippen LogP contribution is -2.42. The molecule has 2 aromatic heterocycles. The second kappa shape index (κ2) is 27.5. The molecule has 398 valence electrons. The van der Waals surface area contributed by atoms with Gasteiger partial charge < -0.3 is 48.9 Å². The Morgan fingerprint density at radius 1 is 0.703 bits per heavy atom. The molecule has 0 unspecified atom stereocenters. The van der Waals surface area contributed by atoms with Crippen molar-refractivity contribution in [3.8, 4) is 11.5 Å². The predicted molar refractivity (Wildman–Crippen MR) is 283 cm³/mol. The third-order valence-corrected chi connectivity index (χ3v) is 14.4. The predicted octanol–water partition coefficient (Wildman–Crippen LogP) is 8.61. The van der Waals surface area contributed by atoms with Gasteiger partial charge >= 0.3 is 11.9 Å². The van der Waals surface area contributed by atoms with Crippen LogP contribution in [0.15, 0.2) is 108 Å². The zero-order valence-electron chi connectivity index (χ0n) is 41.3. The Bertz CT molecular complexity index is 2770. The van der Waals surface area contributed by atoms with Crippen LogP contribution in [0, 0.1) is 0 Å². The first-order valence-electron chi connectivity index (χ1n) is 23.8. The van der Waals surface area contributed by atoms with E-state index in [9.17, 15) is 32.1 Å². The molecule has 4 aliphatic heterocycles. The zero-order valence-corrected chi connectivity index (χ0v) is 45.8. The number of aromatic nitrogens is 2. The van der Waals surface area contributed by atoms with E-state index in [2.05, 4.69) is 32.6 Å². The molecule has 4 atom stereocenters. The van der Waals surface area contributed by atoms with E-state index < -0.39 is 39.6 Å². The maximum Gasteiger partial charge on any atom is 0.336 e. The average Bonchev–Trinajstić information content (AvgIpc) is 4.10. The lowest BCUT2D eigenvalue weighted by molar-refractivity contribution is -0.143. The van der Waals surface area contributed by atoms with Crippen LogP contribution in [-0.4, -0.2) is 118 Å². The molecule has 2 amide bonds. The van der Waals surface area contributed by atoms with Gasteiger partial charge in [0, 0.05) is 77.2 Å². The number of benzene rings is 2. The first-order chi connectivity index (χ1) is 35.1. The molecule has 0 radical (unpaired) electrons. The number of halogens is 3. The monoisotopic (exact) mass is 1190 g/mol. The highest BCUT2D eigenvalue weighted by Crippen LogP contribution is 2.40. The number of nitrogens with zero attached hydrogens (tertiary/aromatic N) is 4. The number of allylic oxidation sites excluding steroid dienone is 2. The third-order valence-electron chi connectivity index (χ3n) is 12.8. The van der Waals surface area contributed by atoms with Crippen LogP contribution in [0.3, 0.4) is 0 Å². The normalized spacial score (nSPS) is 19.9.